The van der Waals surface area contributed by atoms with Crippen LogP contribution >= 0.6 is 0 Å². The fourth-order valence-electron chi connectivity index (χ4n) is 8.92. The number of carbonyl (C=O) groups excluding carboxylic acids is 3. The first-order valence-corrected chi connectivity index (χ1v) is 26.7. The van der Waals surface area contributed by atoms with Crippen LogP contribution in [0.5, 0.6) is 11.6 Å². The van der Waals surface area contributed by atoms with Crippen molar-refractivity contribution in [3.05, 3.63) is 42.0 Å². The zero-order valence-corrected chi connectivity index (χ0v) is 39.1. The van der Waals surface area contributed by atoms with Crippen molar-refractivity contribution in [2.75, 3.05) is 46.0 Å². The Morgan fingerprint density at radius 3 is 2.62 bits per heavy atom. The SMILES string of the molecule is CC1(S(=O)(=O)NC(=O)[C@]23NC(=O)[C@@H]4C[C@@H](Oc5nc6ccccc6c(OCCN6CCOCC6)c5CCCCCC5CC5)CN4C(=O)[C@@H](NC(=O)O)CCCCC/C=C\[C@@H]2[I-]3)CC1. The third-order valence-electron chi connectivity index (χ3n) is 13.4. The number of morpholine rings is 1. The number of benzene rings is 1. The van der Waals surface area contributed by atoms with E-state index in [0.717, 1.165) is 68.6 Å². The molecule has 3 saturated heterocycles. The van der Waals surface area contributed by atoms with E-state index in [1.807, 2.05) is 36.4 Å². The number of sulfonamides is 1. The van der Waals surface area contributed by atoms with E-state index in [0.29, 0.717) is 69.1 Å². The topological polar surface area (TPSA) is 206 Å². The predicted molar refractivity (Wildman–Crippen MR) is 230 cm³/mol. The van der Waals surface area contributed by atoms with Gasteiger partial charge in [-0.2, -0.15) is 0 Å². The Bertz CT molecular complexity index is 2160. The minimum absolute atomic E-state index is 0.0345. The summed E-state index contributed by atoms with van der Waals surface area (Å²) < 4.78 is 45.1. The van der Waals surface area contributed by atoms with Crippen LogP contribution in [-0.4, -0.2) is 129 Å². The van der Waals surface area contributed by atoms with E-state index in [1.165, 1.54) is 24.2 Å². The number of amides is 4. The fourth-order valence-corrected chi connectivity index (χ4v) is 13.3. The number of fused-ring (bicyclic) bond motifs is 3. The summed E-state index contributed by atoms with van der Waals surface area (Å²) in [7, 11) is -4.00. The van der Waals surface area contributed by atoms with Gasteiger partial charge in [-0.05, 0) is 5.92 Å². The molecule has 8 rings (SSSR count). The van der Waals surface area contributed by atoms with E-state index in [9.17, 15) is 32.7 Å². The summed E-state index contributed by atoms with van der Waals surface area (Å²) in [5.74, 6) is -0.0139. The van der Waals surface area contributed by atoms with Gasteiger partial charge in [0.2, 0.25) is 0 Å². The van der Waals surface area contributed by atoms with Crippen LogP contribution in [0.15, 0.2) is 36.4 Å². The van der Waals surface area contributed by atoms with Crippen molar-refractivity contribution in [2.45, 2.75) is 134 Å². The van der Waals surface area contributed by atoms with Gasteiger partial charge in [-0.3, -0.25) is 4.90 Å². The Labute approximate surface area is 380 Å². The number of nitrogens with zero attached hydrogens (tertiary/aromatic N) is 3. The molecule has 6 aliphatic rings. The van der Waals surface area contributed by atoms with E-state index < -0.39 is 81.5 Å². The van der Waals surface area contributed by atoms with Crippen LogP contribution in [0.3, 0.4) is 0 Å². The molecule has 4 N–H and O–H groups in total. The second-order valence-electron chi connectivity index (χ2n) is 18.2. The summed E-state index contributed by atoms with van der Waals surface area (Å²) in [5.41, 5.74) is 1.50. The number of ether oxygens (including phenoxy) is 3. The van der Waals surface area contributed by atoms with Gasteiger partial charge in [-0.25, -0.2) is 0 Å². The van der Waals surface area contributed by atoms with E-state index >= 15 is 0 Å². The number of alkyl halides is 2. The number of allylic oxidation sites excluding steroid dienone is 1. The minimum atomic E-state index is -4.00. The molecule has 0 unspecified atom stereocenters. The maximum atomic E-state index is 14.6. The monoisotopic (exact) mass is 1010 g/mol. The van der Waals surface area contributed by atoms with Crippen molar-refractivity contribution in [2.24, 2.45) is 5.92 Å². The molecular formula is C45H62IN6O10S-. The normalized spacial score (nSPS) is 28.2. The van der Waals surface area contributed by atoms with Crippen LogP contribution in [-0.2, 0) is 35.6 Å². The molecule has 5 heterocycles. The number of carboxylic acid groups (broad SMARTS) is 1. The number of para-hydroxylation sites is 1. The third-order valence-corrected chi connectivity index (χ3v) is 19.3. The summed E-state index contributed by atoms with van der Waals surface area (Å²) in [6.45, 7) is 5.77. The molecule has 2 aromatic rings. The number of halogens is 1. The predicted octanol–water partition coefficient (Wildman–Crippen LogP) is 1.25. The Morgan fingerprint density at radius 1 is 1.06 bits per heavy atom. The Kier molecular flexibility index (Phi) is 14.4. The van der Waals surface area contributed by atoms with Crippen molar-refractivity contribution in [1.29, 1.82) is 0 Å². The Morgan fingerprint density at radius 2 is 1.86 bits per heavy atom. The standard InChI is InChI=1S/C45H62IN6O10S/c1-44(20-21-44)63(58,59)50-42(55)45-37(46-45)17-9-4-2-3-8-16-35(48-43(56)57)41(54)52-29-31(28-36(52)39(53)49-45)62-40-33(14-7-5-6-12-30-18-19-30)38(32-13-10-11-15-34(32)47-40)61-27-24-51-22-25-60-26-23-51/h9-11,13,15,17,30-31,35-37,48H,2-8,12,14,16,18-29H2,1H3,(H,49,53)(H,50,55)(H,56,57)/q-1/b17-9-/t31-,35+,36+,37+,45-/m1/s1. The number of hydrogen-bond donors (Lipinski definition) is 4. The van der Waals surface area contributed by atoms with Gasteiger partial charge in [-0.1, -0.05) is 31.7 Å². The number of pyridine rings is 1. The molecule has 4 amide bonds. The molecule has 0 bridgehead atoms. The van der Waals surface area contributed by atoms with Gasteiger partial charge in [-0.15, -0.1) is 0 Å². The van der Waals surface area contributed by atoms with Crippen LogP contribution in [0.2, 0.25) is 0 Å². The van der Waals surface area contributed by atoms with Crippen molar-refractivity contribution in [3.8, 4) is 11.6 Å². The van der Waals surface area contributed by atoms with E-state index in [1.54, 1.807) is 6.92 Å². The Balaban J connectivity index is 1.09. The average molecular weight is 1010 g/mol. The molecule has 0 radical (unpaired) electrons. The molecule has 63 heavy (non-hydrogen) atoms. The summed E-state index contributed by atoms with van der Waals surface area (Å²) in [6.07, 6.45) is 13.3. The van der Waals surface area contributed by atoms with Crippen molar-refractivity contribution in [1.82, 2.24) is 30.1 Å². The zero-order valence-electron chi connectivity index (χ0n) is 36.2. The number of nitrogens with one attached hydrogen (secondary N) is 3. The molecule has 2 saturated carbocycles. The van der Waals surface area contributed by atoms with Gasteiger partial charge in [0.15, 0.2) is 0 Å². The van der Waals surface area contributed by atoms with Crippen LogP contribution in [0.25, 0.3) is 10.9 Å². The zero-order chi connectivity index (χ0) is 44.2. The van der Waals surface area contributed by atoms with E-state index in [-0.39, 0.29) is 23.3 Å². The summed E-state index contributed by atoms with van der Waals surface area (Å²) in [4.78, 5) is 63.9. The third kappa shape index (κ3) is 11.0. The summed E-state index contributed by atoms with van der Waals surface area (Å²) >= 11 is -1.05. The molecule has 2 aliphatic carbocycles. The number of aromatic nitrogens is 1. The van der Waals surface area contributed by atoms with Crippen molar-refractivity contribution >= 4 is 44.7 Å². The first-order chi connectivity index (χ1) is 30.4. The second-order valence-corrected chi connectivity index (χ2v) is 24.1. The molecule has 4 aliphatic heterocycles. The average Bonchev–Trinajstić information content (AvgIpc) is 4.22. The Hall–Kier alpha value is -3.75. The summed E-state index contributed by atoms with van der Waals surface area (Å²) in [6, 6.07) is 5.53. The quantitative estimate of drug-likeness (QED) is 0.0617. The molecule has 0 spiro atoms. The second kappa shape index (κ2) is 19.8. The molecule has 1 aromatic heterocycles. The number of hydrogen-bond acceptors (Lipinski definition) is 11. The van der Waals surface area contributed by atoms with Gasteiger partial charge in [0.05, 0.1) is 13.2 Å². The molecular weight excluding hydrogens is 943 g/mol. The summed E-state index contributed by atoms with van der Waals surface area (Å²) in [5, 5.41) is 16.1. The first kappa shape index (κ1) is 45.8. The van der Waals surface area contributed by atoms with Gasteiger partial charge >= 0.3 is 302 Å². The van der Waals surface area contributed by atoms with Crippen LogP contribution in [0.4, 0.5) is 4.79 Å². The van der Waals surface area contributed by atoms with Crippen molar-refractivity contribution in [3.63, 3.8) is 0 Å². The van der Waals surface area contributed by atoms with Crippen LogP contribution in [0.1, 0.15) is 102 Å². The van der Waals surface area contributed by atoms with Crippen molar-refractivity contribution < 1.29 is 68.1 Å². The van der Waals surface area contributed by atoms with Crippen LogP contribution < -0.4 is 46.0 Å². The molecule has 346 valence electrons. The first-order valence-electron chi connectivity index (χ1n) is 22.9. The molecule has 5 atom stereocenters. The number of rotatable bonds is 16. The molecule has 16 nitrogen and oxygen atoms in total. The molecule has 5 fully saturated rings. The van der Waals surface area contributed by atoms with E-state index in [4.69, 9.17) is 19.2 Å². The van der Waals surface area contributed by atoms with Crippen LogP contribution in [0, 0.1) is 5.92 Å². The molecule has 18 heteroatoms. The maximum absolute atomic E-state index is 14.6. The van der Waals surface area contributed by atoms with Gasteiger partial charge < -0.3 is 4.74 Å². The van der Waals surface area contributed by atoms with Gasteiger partial charge in [0.25, 0.3) is 0 Å². The fraction of sp³-hybridized carbons (Fsp3) is 0.667. The van der Waals surface area contributed by atoms with E-state index in [2.05, 4.69) is 20.3 Å². The number of carbonyl (C=O) groups is 4. The van der Waals surface area contributed by atoms with Gasteiger partial charge in [0, 0.05) is 19.6 Å². The van der Waals surface area contributed by atoms with Gasteiger partial charge in [0.1, 0.15) is 0 Å². The number of unbranched alkanes of at least 4 members (excludes halogenated alkanes) is 2. The molecule has 1 aromatic carbocycles.